The number of benzene rings is 2. The third-order valence-corrected chi connectivity index (χ3v) is 8.79. The number of H-pyrrole nitrogens is 1. The molecule has 3 aliphatic rings. The Kier molecular flexibility index (Phi) is 5.08. The first-order valence-corrected chi connectivity index (χ1v) is 12.4. The predicted molar refractivity (Wildman–Crippen MR) is 141 cm³/mol. The van der Waals surface area contributed by atoms with Crippen molar-refractivity contribution in [2.75, 3.05) is 7.11 Å². The number of carbonyl (C=O) groups is 4. The maximum Gasteiger partial charge on any atom is 0.260 e. The number of aromatic nitrogens is 1. The van der Waals surface area contributed by atoms with Crippen LogP contribution in [-0.4, -0.2) is 62.0 Å². The maximum absolute atomic E-state index is 14.0. The molecular weight excluding hydrogens is 627 g/mol. The van der Waals surface area contributed by atoms with Crippen molar-refractivity contribution in [2.45, 2.75) is 18.3 Å². The first-order valence-electron chi connectivity index (χ1n) is 11.4. The number of phenolic OH excluding ortho intramolecular Hbond substituents is 3. The average molecular weight is 642 g/mol. The van der Waals surface area contributed by atoms with Gasteiger partial charge in [-0.25, -0.2) is 0 Å². The van der Waals surface area contributed by atoms with E-state index in [0.717, 1.165) is 19.4 Å². The van der Waals surface area contributed by atoms with Crippen molar-refractivity contribution in [3.63, 3.8) is 0 Å². The van der Waals surface area contributed by atoms with Gasteiger partial charge >= 0.3 is 0 Å². The van der Waals surface area contributed by atoms with Crippen LogP contribution in [0.25, 0.3) is 10.8 Å². The standard InChI is InChI=1S/C26H15IN2O10/c1-39-11-5-10(30)13-14(19(11)31)21(33)16-15(20(13)32)23(35)26(24(16)36)3-2-8-17(26)22(34)12-9(18(8)27)4-7(6-28-38)29-25(12)37/h4-6,32-34,38H,2-3H2,1H3,(H,29,37)/b28-6+/t26-/m0/s1. The van der Waals surface area contributed by atoms with Gasteiger partial charge in [-0.1, -0.05) is 5.16 Å². The van der Waals surface area contributed by atoms with E-state index in [0.29, 0.717) is 9.13 Å². The Bertz CT molecular complexity index is 1900. The lowest BCUT2D eigenvalue weighted by Gasteiger charge is -2.23. The van der Waals surface area contributed by atoms with Crippen molar-refractivity contribution in [1.29, 1.82) is 0 Å². The van der Waals surface area contributed by atoms with Crippen molar-refractivity contribution in [2.24, 2.45) is 5.16 Å². The van der Waals surface area contributed by atoms with Gasteiger partial charge in [-0.15, -0.1) is 0 Å². The molecule has 3 aromatic rings. The minimum absolute atomic E-state index is 0.104. The summed E-state index contributed by atoms with van der Waals surface area (Å²) in [6, 6.07) is 1.46. The Morgan fingerprint density at radius 2 is 1.64 bits per heavy atom. The van der Waals surface area contributed by atoms with Crippen LogP contribution in [0.5, 0.6) is 17.2 Å². The molecule has 0 unspecified atom stereocenters. The Balaban J connectivity index is 1.67. The zero-order valence-electron chi connectivity index (χ0n) is 19.7. The number of rotatable bonds is 2. The van der Waals surface area contributed by atoms with Gasteiger partial charge in [-0.3, -0.25) is 24.0 Å². The molecule has 39 heavy (non-hydrogen) atoms. The fraction of sp³-hybridized carbons (Fsp3) is 0.154. The monoisotopic (exact) mass is 642 g/mol. The van der Waals surface area contributed by atoms with E-state index in [9.17, 15) is 39.3 Å². The van der Waals surface area contributed by atoms with Gasteiger partial charge in [0, 0.05) is 20.6 Å². The first kappa shape index (κ1) is 24.8. The molecule has 2 aromatic carbocycles. The van der Waals surface area contributed by atoms with Crippen LogP contribution in [-0.2, 0) is 16.6 Å². The van der Waals surface area contributed by atoms with E-state index in [1.807, 2.05) is 22.6 Å². The average Bonchev–Trinajstić information content (AvgIpc) is 3.40. The fourth-order valence-electron chi connectivity index (χ4n) is 5.93. The van der Waals surface area contributed by atoms with E-state index in [1.165, 1.54) is 6.07 Å². The highest BCUT2D eigenvalue weighted by Gasteiger charge is 2.62. The Morgan fingerprint density at radius 3 is 2.26 bits per heavy atom. The zero-order chi connectivity index (χ0) is 28.1. The molecule has 1 atom stereocenters. The van der Waals surface area contributed by atoms with Crippen molar-refractivity contribution < 1.29 is 44.4 Å². The first-order chi connectivity index (χ1) is 18.5. The predicted octanol–water partition coefficient (Wildman–Crippen LogP) is 2.23. The lowest BCUT2D eigenvalue weighted by Crippen LogP contribution is -2.36. The number of phenols is 3. The van der Waals surface area contributed by atoms with Gasteiger partial charge in [0.15, 0.2) is 23.1 Å². The molecule has 5 N–H and O–H groups in total. The van der Waals surface area contributed by atoms with Crippen molar-refractivity contribution in [3.05, 3.63) is 70.9 Å². The third kappa shape index (κ3) is 2.82. The summed E-state index contributed by atoms with van der Waals surface area (Å²) in [4.78, 5) is 69.1. The van der Waals surface area contributed by atoms with E-state index in [-0.39, 0.29) is 34.9 Å². The molecule has 0 aliphatic heterocycles. The Morgan fingerprint density at radius 1 is 1.00 bits per heavy atom. The number of aromatic hydroxyl groups is 3. The van der Waals surface area contributed by atoms with Crippen LogP contribution in [0, 0.1) is 3.57 Å². The molecule has 0 bridgehead atoms. The van der Waals surface area contributed by atoms with Crippen LogP contribution in [0.2, 0.25) is 0 Å². The molecule has 0 fully saturated rings. The van der Waals surface area contributed by atoms with E-state index >= 15 is 0 Å². The topological polar surface area (TPSA) is 204 Å². The summed E-state index contributed by atoms with van der Waals surface area (Å²) >= 11 is 1.92. The van der Waals surface area contributed by atoms with E-state index in [4.69, 9.17) is 9.94 Å². The third-order valence-electron chi connectivity index (χ3n) is 7.56. The number of halogens is 1. The number of ether oxygens (including phenoxy) is 1. The summed E-state index contributed by atoms with van der Waals surface area (Å²) in [5.41, 5.74) is -5.13. The number of methoxy groups -OCH3 is 1. The molecular formula is C26H15IN2O10. The van der Waals surface area contributed by atoms with Gasteiger partial charge in [0.2, 0.25) is 5.78 Å². The number of oxime groups is 1. The fourth-order valence-corrected chi connectivity index (χ4v) is 6.90. The summed E-state index contributed by atoms with van der Waals surface area (Å²) in [6.07, 6.45) is 1.72. The summed E-state index contributed by atoms with van der Waals surface area (Å²) < 4.78 is 5.35. The lowest BCUT2D eigenvalue weighted by atomic mass is 9.76. The molecule has 13 heteroatoms. The van der Waals surface area contributed by atoms with Gasteiger partial charge in [0.1, 0.15) is 22.7 Å². The van der Waals surface area contributed by atoms with Crippen molar-refractivity contribution in [1.82, 2.24) is 4.98 Å². The number of ketones is 4. The quantitative estimate of drug-likeness (QED) is 0.0689. The molecule has 1 heterocycles. The second kappa shape index (κ2) is 7.99. The molecule has 1 aromatic heterocycles. The molecule has 0 radical (unpaired) electrons. The second-order valence-electron chi connectivity index (χ2n) is 9.27. The smallest absolute Gasteiger partial charge is 0.260 e. The van der Waals surface area contributed by atoms with Crippen molar-refractivity contribution in [3.8, 4) is 17.2 Å². The van der Waals surface area contributed by atoms with Crippen LogP contribution < -0.4 is 5.56 Å². The van der Waals surface area contributed by atoms with Crippen molar-refractivity contribution >= 4 is 62.7 Å². The summed E-state index contributed by atoms with van der Waals surface area (Å²) in [6.45, 7) is 0. The number of hydrogen-bond acceptors (Lipinski definition) is 11. The van der Waals surface area contributed by atoms with Crippen LogP contribution in [0.4, 0.5) is 0 Å². The number of aromatic amines is 1. The number of fused-ring (bicyclic) bond motifs is 5. The second-order valence-corrected chi connectivity index (χ2v) is 10.3. The van der Waals surface area contributed by atoms with Gasteiger partial charge in [-0.05, 0) is 47.1 Å². The molecule has 0 amide bonds. The summed E-state index contributed by atoms with van der Waals surface area (Å²) in [7, 11) is 1.13. The minimum atomic E-state index is -2.13. The number of pyridine rings is 1. The molecule has 196 valence electrons. The molecule has 6 rings (SSSR count). The Hall–Kier alpha value is -4.53. The van der Waals surface area contributed by atoms with E-state index < -0.39 is 79.4 Å². The maximum atomic E-state index is 14.0. The van der Waals surface area contributed by atoms with Crippen LogP contribution in [0.15, 0.2) is 27.9 Å². The molecule has 0 saturated carbocycles. The van der Waals surface area contributed by atoms with Crippen LogP contribution in [0.3, 0.4) is 0 Å². The summed E-state index contributed by atoms with van der Waals surface area (Å²) in [5.74, 6) is -6.81. The SMILES string of the molecule is COC1=CC(=O)c2c(O)c3c(c(O)c2C1=O)C(=O)[C@]1(CCc2c1c(O)c1c(=O)[nH]c(/C=N/O)cc1c2I)C3=O. The summed E-state index contributed by atoms with van der Waals surface area (Å²) in [5, 5.41) is 45.3. The lowest BCUT2D eigenvalue weighted by molar-refractivity contribution is 0.0790. The number of nitrogens with zero attached hydrogens (tertiary/aromatic N) is 1. The van der Waals surface area contributed by atoms with Gasteiger partial charge in [-0.2, -0.15) is 0 Å². The highest BCUT2D eigenvalue weighted by Crippen LogP contribution is 2.58. The molecule has 0 saturated heterocycles. The van der Waals surface area contributed by atoms with Crippen LogP contribution in [0.1, 0.15) is 64.7 Å². The van der Waals surface area contributed by atoms with Gasteiger partial charge in [0.05, 0.1) is 46.7 Å². The van der Waals surface area contributed by atoms with Crippen LogP contribution >= 0.6 is 22.6 Å². The minimum Gasteiger partial charge on any atom is -0.507 e. The number of Topliss-reactive ketones (excluding diaryl/α,β-unsaturated/α-hetero) is 3. The molecule has 1 spiro atoms. The molecule has 3 aliphatic carbocycles. The number of nitrogens with one attached hydrogen (secondary N) is 1. The van der Waals surface area contributed by atoms with Gasteiger partial charge < -0.3 is 30.2 Å². The number of allylic oxidation sites excluding steroid dienone is 2. The van der Waals surface area contributed by atoms with Gasteiger partial charge in [0.25, 0.3) is 5.56 Å². The normalized spacial score (nSPS) is 19.7. The number of carbonyl (C=O) groups excluding carboxylic acids is 4. The van der Waals surface area contributed by atoms with E-state index in [1.54, 1.807) is 0 Å². The molecule has 12 nitrogen and oxygen atoms in total. The zero-order valence-corrected chi connectivity index (χ0v) is 21.9. The number of hydrogen-bond donors (Lipinski definition) is 5. The highest BCUT2D eigenvalue weighted by atomic mass is 127. The highest BCUT2D eigenvalue weighted by molar-refractivity contribution is 14.1. The largest absolute Gasteiger partial charge is 0.507 e. The Labute approximate surface area is 230 Å². The van der Waals surface area contributed by atoms with E-state index in [2.05, 4.69) is 10.1 Å².